The molecule has 0 saturated heterocycles. The second-order valence-electron chi connectivity index (χ2n) is 3.38. The SMILES string of the molecule is O=C([O-])CCC(=O)NCc1cc(F)ccc1F.[Na+]. The van der Waals surface area contributed by atoms with Crippen LogP contribution in [-0.2, 0) is 16.1 Å². The maximum absolute atomic E-state index is 13.1. The molecule has 18 heavy (non-hydrogen) atoms. The van der Waals surface area contributed by atoms with E-state index in [0.29, 0.717) is 0 Å². The van der Waals surface area contributed by atoms with Gasteiger partial charge in [0, 0.05) is 24.5 Å². The Balaban J connectivity index is 0.00000289. The van der Waals surface area contributed by atoms with Crippen LogP contribution in [0, 0.1) is 11.6 Å². The molecule has 0 aromatic heterocycles. The summed E-state index contributed by atoms with van der Waals surface area (Å²) in [6.07, 6.45) is -0.656. The van der Waals surface area contributed by atoms with Crippen LogP contribution in [0.5, 0.6) is 0 Å². The van der Waals surface area contributed by atoms with Gasteiger partial charge in [0.25, 0.3) is 0 Å². The zero-order chi connectivity index (χ0) is 12.8. The molecule has 0 radical (unpaired) electrons. The number of aliphatic carboxylic acids is 1. The number of amides is 1. The Morgan fingerprint density at radius 1 is 1.22 bits per heavy atom. The molecule has 0 aliphatic heterocycles. The minimum atomic E-state index is -1.34. The van der Waals surface area contributed by atoms with Crippen molar-refractivity contribution < 1.29 is 53.0 Å². The van der Waals surface area contributed by atoms with Crippen molar-refractivity contribution in [1.82, 2.24) is 5.32 Å². The molecule has 0 aliphatic rings. The molecule has 1 amide bonds. The number of hydrogen-bond donors (Lipinski definition) is 1. The van der Waals surface area contributed by atoms with Crippen molar-refractivity contribution in [3.05, 3.63) is 35.4 Å². The number of carboxylic acid groups (broad SMARTS) is 1. The smallest absolute Gasteiger partial charge is 0.550 e. The van der Waals surface area contributed by atoms with E-state index < -0.39 is 29.9 Å². The molecule has 0 unspecified atom stereocenters. The van der Waals surface area contributed by atoms with Gasteiger partial charge in [-0.15, -0.1) is 0 Å². The van der Waals surface area contributed by atoms with Crippen molar-refractivity contribution in [2.24, 2.45) is 0 Å². The summed E-state index contributed by atoms with van der Waals surface area (Å²) in [5, 5.41) is 12.4. The van der Waals surface area contributed by atoms with Crippen LogP contribution < -0.4 is 40.0 Å². The van der Waals surface area contributed by atoms with Crippen molar-refractivity contribution in [1.29, 1.82) is 0 Å². The van der Waals surface area contributed by atoms with E-state index in [-0.39, 0.29) is 48.1 Å². The van der Waals surface area contributed by atoms with Gasteiger partial charge in [-0.25, -0.2) is 8.78 Å². The molecule has 0 bridgehead atoms. The van der Waals surface area contributed by atoms with Crippen LogP contribution in [0.2, 0.25) is 0 Å². The fraction of sp³-hybridized carbons (Fsp3) is 0.273. The maximum Gasteiger partial charge on any atom is 1.00 e. The number of halogens is 2. The molecule has 0 spiro atoms. The third-order valence-electron chi connectivity index (χ3n) is 2.04. The van der Waals surface area contributed by atoms with Crippen LogP contribution in [0.4, 0.5) is 8.78 Å². The molecule has 7 heteroatoms. The summed E-state index contributed by atoms with van der Waals surface area (Å²) in [6, 6.07) is 2.89. The second-order valence-corrected chi connectivity index (χ2v) is 3.38. The summed E-state index contributed by atoms with van der Waals surface area (Å²) >= 11 is 0. The van der Waals surface area contributed by atoms with Gasteiger partial charge in [-0.2, -0.15) is 0 Å². The summed E-state index contributed by atoms with van der Waals surface area (Å²) < 4.78 is 25.9. The van der Waals surface area contributed by atoms with Crippen LogP contribution >= 0.6 is 0 Å². The first-order valence-electron chi connectivity index (χ1n) is 4.89. The average molecular weight is 265 g/mol. The van der Waals surface area contributed by atoms with E-state index in [2.05, 4.69) is 5.32 Å². The molecular formula is C11H10F2NNaO3. The number of carboxylic acids is 1. The Labute approximate surface area is 125 Å². The van der Waals surface area contributed by atoms with Crippen LogP contribution in [0.15, 0.2) is 18.2 Å². The van der Waals surface area contributed by atoms with Crippen LogP contribution in [0.25, 0.3) is 0 Å². The van der Waals surface area contributed by atoms with Crippen molar-refractivity contribution in [3.8, 4) is 0 Å². The quantitative estimate of drug-likeness (QED) is 0.581. The Kier molecular flexibility index (Phi) is 7.73. The van der Waals surface area contributed by atoms with E-state index in [1.165, 1.54) is 0 Å². The third kappa shape index (κ3) is 6.09. The first kappa shape index (κ1) is 17.0. The van der Waals surface area contributed by atoms with Gasteiger partial charge in [0.1, 0.15) is 11.6 Å². The molecule has 0 fully saturated rings. The predicted molar refractivity (Wildman–Crippen MR) is 52.4 cm³/mol. The number of carbonyl (C=O) groups is 2. The van der Waals surface area contributed by atoms with Crippen LogP contribution in [0.3, 0.4) is 0 Å². The van der Waals surface area contributed by atoms with E-state index in [1.807, 2.05) is 0 Å². The Morgan fingerprint density at radius 3 is 2.50 bits per heavy atom. The van der Waals surface area contributed by atoms with Crippen molar-refractivity contribution in [2.45, 2.75) is 19.4 Å². The van der Waals surface area contributed by atoms with Gasteiger partial charge in [-0.1, -0.05) is 0 Å². The maximum atomic E-state index is 13.1. The van der Waals surface area contributed by atoms with Crippen molar-refractivity contribution in [3.63, 3.8) is 0 Å². The summed E-state index contributed by atoms with van der Waals surface area (Å²) in [5.74, 6) is -3.13. The minimum Gasteiger partial charge on any atom is -0.550 e. The molecule has 1 N–H and O–H groups in total. The monoisotopic (exact) mass is 265 g/mol. The normalized spacial score (nSPS) is 9.44. The molecule has 0 atom stereocenters. The molecule has 0 heterocycles. The van der Waals surface area contributed by atoms with E-state index in [4.69, 9.17) is 0 Å². The topological polar surface area (TPSA) is 69.2 Å². The van der Waals surface area contributed by atoms with E-state index in [0.717, 1.165) is 18.2 Å². The molecule has 1 aromatic carbocycles. The number of nitrogens with one attached hydrogen (secondary N) is 1. The molecule has 1 aromatic rings. The van der Waals surface area contributed by atoms with Crippen LogP contribution in [-0.4, -0.2) is 11.9 Å². The summed E-state index contributed by atoms with van der Waals surface area (Å²) in [5.41, 5.74) is 0.00630. The van der Waals surface area contributed by atoms with Gasteiger partial charge in [-0.3, -0.25) is 4.79 Å². The van der Waals surface area contributed by atoms with E-state index >= 15 is 0 Å². The van der Waals surface area contributed by atoms with Gasteiger partial charge in [0.2, 0.25) is 5.91 Å². The summed E-state index contributed by atoms with van der Waals surface area (Å²) in [4.78, 5) is 21.2. The van der Waals surface area contributed by atoms with Gasteiger partial charge < -0.3 is 15.2 Å². The average Bonchev–Trinajstić information content (AvgIpc) is 2.27. The largest absolute Gasteiger partial charge is 1.00 e. The number of carbonyl (C=O) groups excluding carboxylic acids is 2. The molecule has 92 valence electrons. The molecule has 0 aliphatic carbocycles. The van der Waals surface area contributed by atoms with Gasteiger partial charge in [-0.05, 0) is 24.6 Å². The summed E-state index contributed by atoms with van der Waals surface area (Å²) in [6.45, 7) is -0.185. The van der Waals surface area contributed by atoms with E-state index in [9.17, 15) is 23.5 Å². The Bertz CT molecular complexity index is 440. The predicted octanol–water partition coefficient (Wildman–Crippen LogP) is -2.88. The molecule has 1 rings (SSSR count). The van der Waals surface area contributed by atoms with Gasteiger partial charge >= 0.3 is 29.6 Å². The Morgan fingerprint density at radius 2 is 1.89 bits per heavy atom. The third-order valence-corrected chi connectivity index (χ3v) is 2.04. The second kappa shape index (κ2) is 8.18. The molecule has 4 nitrogen and oxygen atoms in total. The fourth-order valence-corrected chi connectivity index (χ4v) is 1.18. The van der Waals surface area contributed by atoms with Crippen molar-refractivity contribution in [2.75, 3.05) is 0 Å². The Hall–Kier alpha value is -0.980. The van der Waals surface area contributed by atoms with E-state index in [1.54, 1.807) is 0 Å². The number of rotatable bonds is 5. The van der Waals surface area contributed by atoms with Crippen LogP contribution in [0.1, 0.15) is 18.4 Å². The van der Waals surface area contributed by atoms with Gasteiger partial charge in [0.05, 0.1) is 0 Å². The zero-order valence-electron chi connectivity index (χ0n) is 9.83. The zero-order valence-corrected chi connectivity index (χ0v) is 11.8. The number of benzene rings is 1. The van der Waals surface area contributed by atoms with Gasteiger partial charge in [0.15, 0.2) is 0 Å². The van der Waals surface area contributed by atoms with Crippen molar-refractivity contribution >= 4 is 11.9 Å². The first-order valence-corrected chi connectivity index (χ1v) is 4.89. The fourth-order valence-electron chi connectivity index (χ4n) is 1.18. The number of hydrogen-bond acceptors (Lipinski definition) is 3. The minimum absolute atomic E-state index is 0. The standard InChI is InChI=1S/C11H11F2NO3.Na/c12-8-1-2-9(13)7(5-8)6-14-10(15)3-4-11(16)17;/h1-2,5H,3-4,6H2,(H,14,15)(H,16,17);/q;+1/p-1. The molecule has 0 saturated carbocycles. The first-order chi connectivity index (χ1) is 7.99. The summed E-state index contributed by atoms with van der Waals surface area (Å²) in [7, 11) is 0. The molecular weight excluding hydrogens is 255 g/mol.